The molecule has 0 saturated carbocycles. The summed E-state index contributed by atoms with van der Waals surface area (Å²) >= 11 is 12.1. The second-order valence-electron chi connectivity index (χ2n) is 7.18. The Morgan fingerprint density at radius 2 is 1.81 bits per heavy atom. The number of amides is 1. The van der Waals surface area contributed by atoms with Gasteiger partial charge in [0.2, 0.25) is 5.91 Å². The fourth-order valence-electron chi connectivity index (χ4n) is 3.44. The van der Waals surface area contributed by atoms with Crippen molar-refractivity contribution in [1.82, 2.24) is 14.4 Å². The first-order valence-corrected chi connectivity index (χ1v) is 10.4. The van der Waals surface area contributed by atoms with E-state index < -0.39 is 5.91 Å². The minimum atomic E-state index is -0.603. The number of nitrogens with zero attached hydrogens (tertiary/aromatic N) is 3. The molecular formula is C23H20Cl2N6O. The van der Waals surface area contributed by atoms with Gasteiger partial charge in [0.1, 0.15) is 5.65 Å². The monoisotopic (exact) mass is 466 g/mol. The lowest BCUT2D eigenvalue weighted by Crippen LogP contribution is -2.26. The number of pyridine rings is 1. The fourth-order valence-corrected chi connectivity index (χ4v) is 3.77. The largest absolute Gasteiger partial charge is 0.396 e. The maximum atomic E-state index is 11.6. The van der Waals surface area contributed by atoms with Crippen molar-refractivity contribution in [2.45, 2.75) is 6.54 Å². The summed E-state index contributed by atoms with van der Waals surface area (Å²) in [6.45, 7) is 0.283. The third-order valence-corrected chi connectivity index (χ3v) is 5.47. The zero-order valence-corrected chi connectivity index (χ0v) is 18.4. The van der Waals surface area contributed by atoms with Crippen LogP contribution < -0.4 is 17.3 Å². The predicted molar refractivity (Wildman–Crippen MR) is 128 cm³/mol. The molecule has 0 radical (unpaired) electrons. The number of rotatable bonds is 6. The Morgan fingerprint density at radius 3 is 2.53 bits per heavy atom. The van der Waals surface area contributed by atoms with Crippen molar-refractivity contribution < 1.29 is 4.79 Å². The van der Waals surface area contributed by atoms with Crippen LogP contribution in [-0.2, 0) is 6.54 Å². The van der Waals surface area contributed by atoms with Crippen LogP contribution >= 0.6 is 23.2 Å². The summed E-state index contributed by atoms with van der Waals surface area (Å²) in [7, 11) is 0. The Balaban J connectivity index is 1.71. The highest BCUT2D eigenvalue weighted by molar-refractivity contribution is 6.33. The molecule has 162 valence electrons. The van der Waals surface area contributed by atoms with Crippen molar-refractivity contribution >= 4 is 40.5 Å². The number of halogens is 2. The predicted octanol–water partition coefficient (Wildman–Crippen LogP) is 4.04. The van der Waals surface area contributed by atoms with Crippen LogP contribution in [0.1, 0.15) is 21.6 Å². The van der Waals surface area contributed by atoms with Crippen LogP contribution in [0.25, 0.3) is 22.6 Å². The van der Waals surface area contributed by atoms with E-state index >= 15 is 0 Å². The number of fused-ring (bicyclic) bond motifs is 1. The van der Waals surface area contributed by atoms with Gasteiger partial charge >= 0.3 is 0 Å². The van der Waals surface area contributed by atoms with Gasteiger partial charge in [-0.2, -0.15) is 0 Å². The highest BCUT2D eigenvalue weighted by atomic mass is 35.5. The Morgan fingerprint density at radius 1 is 1.06 bits per heavy atom. The van der Waals surface area contributed by atoms with Crippen LogP contribution in [-0.4, -0.2) is 20.3 Å². The van der Waals surface area contributed by atoms with Gasteiger partial charge in [-0.05, 0) is 42.0 Å². The molecule has 0 aliphatic rings. The molecular weight excluding hydrogens is 447 g/mol. The lowest BCUT2D eigenvalue weighted by molar-refractivity contribution is 0.1000. The molecule has 9 heteroatoms. The molecule has 2 heterocycles. The number of carbonyl (C=O) groups is 1. The number of primary amides is 1. The van der Waals surface area contributed by atoms with Gasteiger partial charge < -0.3 is 16.5 Å². The molecule has 7 nitrogen and oxygen atoms in total. The van der Waals surface area contributed by atoms with E-state index in [2.05, 4.69) is 0 Å². The number of hydrogen-bond acceptors (Lipinski definition) is 5. The number of benzene rings is 2. The molecule has 0 aliphatic heterocycles. The minimum absolute atomic E-state index is 0.237. The van der Waals surface area contributed by atoms with E-state index in [9.17, 15) is 4.79 Å². The first-order valence-electron chi connectivity index (χ1n) is 9.63. The molecule has 0 aliphatic carbocycles. The van der Waals surface area contributed by atoms with Crippen LogP contribution in [0.4, 0.5) is 0 Å². The van der Waals surface area contributed by atoms with Gasteiger partial charge in [-0.15, -0.1) is 0 Å². The van der Waals surface area contributed by atoms with Crippen molar-refractivity contribution in [2.24, 2.45) is 17.3 Å². The maximum absolute atomic E-state index is 11.6. The molecule has 2 aromatic heterocycles. The number of carbonyl (C=O) groups excluding carboxylic acids is 1. The van der Waals surface area contributed by atoms with Crippen LogP contribution in [0.15, 0.2) is 73.1 Å². The second kappa shape index (κ2) is 8.92. The summed E-state index contributed by atoms with van der Waals surface area (Å²) in [5.41, 5.74) is 16.3. The first kappa shape index (κ1) is 21.7. The summed E-state index contributed by atoms with van der Waals surface area (Å²) in [6.07, 6.45) is 3.51. The van der Waals surface area contributed by atoms with Gasteiger partial charge in [0.15, 0.2) is 0 Å². The minimum Gasteiger partial charge on any atom is -0.396 e. The quantitative estimate of drug-likeness (QED) is 0.292. The van der Waals surface area contributed by atoms with Gasteiger partial charge in [-0.3, -0.25) is 9.20 Å². The number of nitrogens with two attached hydrogens (primary N) is 3. The zero-order chi connectivity index (χ0) is 22.8. The average Bonchev–Trinajstić information content (AvgIpc) is 3.15. The van der Waals surface area contributed by atoms with E-state index in [4.69, 9.17) is 45.5 Å². The molecule has 4 aromatic rings. The third kappa shape index (κ3) is 4.40. The molecule has 0 unspecified atom stereocenters. The Bertz CT molecular complexity index is 1330. The van der Waals surface area contributed by atoms with Crippen LogP contribution in [0, 0.1) is 0 Å². The molecule has 0 bridgehead atoms. The summed E-state index contributed by atoms with van der Waals surface area (Å²) in [4.78, 5) is 16.3. The SMILES string of the molecule is NC(=O)c1cc(CN(N)/C=C(\N)c2c(-c3ccc(Cl)cc3)nc3ccccn23)ccc1Cl. The van der Waals surface area contributed by atoms with Crippen molar-refractivity contribution in [1.29, 1.82) is 0 Å². The Kier molecular flexibility index (Phi) is 6.05. The maximum Gasteiger partial charge on any atom is 0.250 e. The van der Waals surface area contributed by atoms with Gasteiger partial charge in [0, 0.05) is 23.0 Å². The molecule has 0 fully saturated rings. The summed E-state index contributed by atoms with van der Waals surface area (Å²) in [5, 5.41) is 2.35. The summed E-state index contributed by atoms with van der Waals surface area (Å²) in [5.74, 6) is 5.61. The van der Waals surface area contributed by atoms with Crippen LogP contribution in [0.2, 0.25) is 10.0 Å². The van der Waals surface area contributed by atoms with Crippen molar-refractivity contribution in [3.63, 3.8) is 0 Å². The molecule has 32 heavy (non-hydrogen) atoms. The molecule has 1 amide bonds. The van der Waals surface area contributed by atoms with E-state index in [0.29, 0.717) is 27.1 Å². The lowest BCUT2D eigenvalue weighted by atomic mass is 10.1. The third-order valence-electron chi connectivity index (χ3n) is 4.89. The highest BCUT2D eigenvalue weighted by Crippen LogP contribution is 2.29. The van der Waals surface area contributed by atoms with E-state index in [1.807, 2.05) is 40.9 Å². The van der Waals surface area contributed by atoms with Crippen LogP contribution in [0.3, 0.4) is 0 Å². The van der Waals surface area contributed by atoms with E-state index in [1.165, 1.54) is 5.01 Å². The van der Waals surface area contributed by atoms with Gasteiger partial charge in [-0.1, -0.05) is 47.5 Å². The number of hydrazine groups is 1. The molecule has 2 aromatic carbocycles. The Hall–Kier alpha value is -3.52. The second-order valence-corrected chi connectivity index (χ2v) is 8.02. The van der Waals surface area contributed by atoms with Crippen molar-refractivity contribution in [2.75, 3.05) is 0 Å². The molecule has 6 N–H and O–H groups in total. The summed E-state index contributed by atoms with van der Waals surface area (Å²) in [6, 6.07) is 18.1. The fraction of sp³-hybridized carbons (Fsp3) is 0.0435. The van der Waals surface area contributed by atoms with E-state index in [1.54, 1.807) is 36.5 Å². The average molecular weight is 467 g/mol. The molecule has 0 atom stereocenters. The van der Waals surface area contributed by atoms with Crippen molar-refractivity contribution in [3.8, 4) is 11.3 Å². The first-order chi connectivity index (χ1) is 15.3. The van der Waals surface area contributed by atoms with Gasteiger partial charge in [-0.25, -0.2) is 10.8 Å². The topological polar surface area (TPSA) is 116 Å². The normalized spacial score (nSPS) is 11.7. The highest BCUT2D eigenvalue weighted by Gasteiger charge is 2.17. The summed E-state index contributed by atoms with van der Waals surface area (Å²) < 4.78 is 1.90. The smallest absolute Gasteiger partial charge is 0.250 e. The van der Waals surface area contributed by atoms with E-state index in [0.717, 1.165) is 16.8 Å². The lowest BCUT2D eigenvalue weighted by Gasteiger charge is -2.16. The molecule has 0 spiro atoms. The van der Waals surface area contributed by atoms with E-state index in [-0.39, 0.29) is 12.1 Å². The van der Waals surface area contributed by atoms with Gasteiger partial charge in [0.25, 0.3) is 0 Å². The van der Waals surface area contributed by atoms with Gasteiger partial charge in [0.05, 0.1) is 34.2 Å². The standard InChI is InChI=1S/C23H20Cl2N6O/c24-16-7-5-15(6-8-16)21-22(31-10-2-1-3-20(31)29-21)19(26)13-30(28)12-14-4-9-18(25)17(11-14)23(27)32/h1-11,13H,12,26,28H2,(H2,27,32)/b19-13-. The number of imidazole rings is 1. The number of aromatic nitrogens is 2. The molecule has 0 saturated heterocycles. The Labute approximate surface area is 194 Å². The molecule has 4 rings (SSSR count). The number of hydrogen-bond donors (Lipinski definition) is 3. The zero-order valence-electron chi connectivity index (χ0n) is 16.9. The van der Waals surface area contributed by atoms with Crippen LogP contribution in [0.5, 0.6) is 0 Å². The van der Waals surface area contributed by atoms with Crippen molar-refractivity contribution in [3.05, 3.63) is 99.9 Å².